The van der Waals surface area contributed by atoms with Crippen LogP contribution in [0.2, 0.25) is 4.34 Å². The molecule has 0 amide bonds. The molecule has 2 heterocycles. The lowest BCUT2D eigenvalue weighted by Crippen LogP contribution is -2.15. The van der Waals surface area contributed by atoms with Crippen LogP contribution < -0.4 is 9.46 Å². The van der Waals surface area contributed by atoms with E-state index in [1.807, 2.05) is 10.8 Å². The Bertz CT molecular complexity index is 1510. The Morgan fingerprint density at radius 2 is 1.97 bits per heavy atom. The van der Waals surface area contributed by atoms with E-state index in [0.717, 1.165) is 11.3 Å². The number of nitrogens with zero attached hydrogens (tertiary/aromatic N) is 4. The lowest BCUT2D eigenvalue weighted by Gasteiger charge is -2.14. The molecule has 0 bridgehead atoms. The number of hydrogen-bond donors (Lipinski definition) is 1. The zero-order valence-electron chi connectivity index (χ0n) is 16.6. The van der Waals surface area contributed by atoms with E-state index >= 15 is 0 Å². The molecule has 0 aliphatic rings. The predicted octanol–water partition coefficient (Wildman–Crippen LogP) is 4.94. The van der Waals surface area contributed by atoms with Gasteiger partial charge >= 0.3 is 0 Å². The highest BCUT2D eigenvalue weighted by atomic mass is 35.5. The van der Waals surface area contributed by atoms with Crippen LogP contribution in [-0.4, -0.2) is 23.2 Å². The fourth-order valence-electron chi connectivity index (χ4n) is 2.91. The number of hydrogen-bond acceptors (Lipinski definition) is 7. The van der Waals surface area contributed by atoms with Gasteiger partial charge in [-0.3, -0.25) is 9.40 Å². The molecule has 0 fully saturated rings. The van der Waals surface area contributed by atoms with Crippen LogP contribution in [-0.2, 0) is 17.1 Å². The third-order valence-corrected chi connectivity index (χ3v) is 6.92. The smallest absolute Gasteiger partial charge is 0.266 e. The van der Waals surface area contributed by atoms with Crippen LogP contribution in [0.15, 0.2) is 53.7 Å². The van der Waals surface area contributed by atoms with Crippen molar-refractivity contribution in [3.05, 3.63) is 70.3 Å². The van der Waals surface area contributed by atoms with Gasteiger partial charge < -0.3 is 4.74 Å². The molecule has 4 rings (SSSR count). The molecule has 0 unspecified atom stereocenters. The van der Waals surface area contributed by atoms with Gasteiger partial charge in [0.2, 0.25) is 0 Å². The second-order valence-corrected chi connectivity index (χ2v) is 9.87. The summed E-state index contributed by atoms with van der Waals surface area (Å²) in [5.41, 5.74) is 1.29. The van der Waals surface area contributed by atoms with Crippen molar-refractivity contribution < 1.29 is 21.9 Å². The highest BCUT2D eigenvalue weighted by Crippen LogP contribution is 2.36. The van der Waals surface area contributed by atoms with Gasteiger partial charge in [-0.15, -0.1) is 0 Å². The summed E-state index contributed by atoms with van der Waals surface area (Å²) in [4.78, 5) is 2.80. The topological polar surface area (TPSA) is 110 Å². The molecular formula is C20H12ClF2N5O3S2. The molecule has 168 valence electrons. The maximum absolute atomic E-state index is 14.8. The molecule has 0 radical (unpaired) electrons. The van der Waals surface area contributed by atoms with E-state index in [2.05, 4.69) is 10.1 Å². The quantitative estimate of drug-likeness (QED) is 0.396. The van der Waals surface area contributed by atoms with Crippen molar-refractivity contribution in [3.8, 4) is 28.8 Å². The van der Waals surface area contributed by atoms with E-state index in [0.29, 0.717) is 23.4 Å². The van der Waals surface area contributed by atoms with Crippen molar-refractivity contribution in [2.75, 3.05) is 4.72 Å². The summed E-state index contributed by atoms with van der Waals surface area (Å²) in [5, 5.41) is 13.2. The van der Waals surface area contributed by atoms with Gasteiger partial charge in [0.05, 0.1) is 23.5 Å². The van der Waals surface area contributed by atoms with Crippen molar-refractivity contribution >= 4 is 38.1 Å². The maximum Gasteiger partial charge on any atom is 0.266 e. The fourth-order valence-corrected chi connectivity index (χ4v) is 5.04. The summed E-state index contributed by atoms with van der Waals surface area (Å²) in [6.07, 6.45) is 2.76. The molecule has 0 atom stereocenters. The first-order valence-electron chi connectivity index (χ1n) is 9.01. The number of aromatic nitrogens is 3. The third kappa shape index (κ3) is 4.65. The number of anilines is 1. The summed E-state index contributed by atoms with van der Waals surface area (Å²) in [5.74, 6) is -2.89. The number of rotatable bonds is 6. The van der Waals surface area contributed by atoms with E-state index in [9.17, 15) is 22.5 Å². The normalized spacial score (nSPS) is 11.2. The van der Waals surface area contributed by atoms with Gasteiger partial charge in [-0.2, -0.15) is 10.4 Å². The van der Waals surface area contributed by atoms with E-state index in [1.54, 1.807) is 31.4 Å². The summed E-state index contributed by atoms with van der Waals surface area (Å²) in [7, 11) is -2.81. The molecular weight excluding hydrogens is 496 g/mol. The second-order valence-electron chi connectivity index (χ2n) is 6.55. The van der Waals surface area contributed by atoms with Crippen LogP contribution >= 0.6 is 22.9 Å². The number of halogens is 3. The molecule has 33 heavy (non-hydrogen) atoms. The van der Waals surface area contributed by atoms with Crippen molar-refractivity contribution in [1.82, 2.24) is 14.8 Å². The van der Waals surface area contributed by atoms with E-state index < -0.39 is 32.3 Å². The van der Waals surface area contributed by atoms with Crippen molar-refractivity contribution in [2.24, 2.45) is 7.05 Å². The zero-order valence-corrected chi connectivity index (χ0v) is 19.0. The molecule has 1 N–H and O–H groups in total. The summed E-state index contributed by atoms with van der Waals surface area (Å²) in [6.45, 7) is 0. The van der Waals surface area contributed by atoms with Crippen molar-refractivity contribution in [2.45, 2.75) is 4.90 Å². The standard InChI is InChI=1S/C20H12ClF2N5O3S2/c1-28-15(4-5-26-28)12-3-2-11(9-24)6-16(12)31-17-7-14(23)18(8-13(17)22)33(29,30)27-20-25-10-19(21)32-20/h2-8,10H,1H3,(H,25,27). The highest BCUT2D eigenvalue weighted by molar-refractivity contribution is 7.93. The molecule has 2 aromatic carbocycles. The lowest BCUT2D eigenvalue weighted by molar-refractivity contribution is 0.433. The molecule has 0 saturated heterocycles. The lowest BCUT2D eigenvalue weighted by atomic mass is 10.1. The van der Waals surface area contributed by atoms with Crippen LogP contribution in [0.3, 0.4) is 0 Å². The number of ether oxygens (including phenoxy) is 1. The minimum atomic E-state index is -4.49. The average Bonchev–Trinajstić information content (AvgIpc) is 3.37. The van der Waals surface area contributed by atoms with Gasteiger partial charge in [-0.25, -0.2) is 22.2 Å². The molecule has 0 aliphatic carbocycles. The molecule has 8 nitrogen and oxygen atoms in total. The van der Waals surface area contributed by atoms with Gasteiger partial charge in [0.15, 0.2) is 16.7 Å². The van der Waals surface area contributed by atoms with Crippen LogP contribution in [0, 0.1) is 23.0 Å². The van der Waals surface area contributed by atoms with E-state index in [4.69, 9.17) is 16.3 Å². The Morgan fingerprint density at radius 3 is 2.61 bits per heavy atom. The van der Waals surface area contributed by atoms with Crippen LogP contribution in [0.25, 0.3) is 11.3 Å². The van der Waals surface area contributed by atoms with E-state index in [-0.39, 0.29) is 20.8 Å². The third-order valence-electron chi connectivity index (χ3n) is 4.40. The molecule has 0 spiro atoms. The van der Waals surface area contributed by atoms with Gasteiger partial charge in [0.1, 0.15) is 20.8 Å². The second kappa shape index (κ2) is 8.78. The first-order chi connectivity index (χ1) is 15.7. The number of aryl methyl sites for hydroxylation is 1. The Kier molecular flexibility index (Phi) is 6.03. The summed E-state index contributed by atoms with van der Waals surface area (Å²) in [6, 6.07) is 9.23. The molecule has 13 heteroatoms. The number of nitriles is 1. The zero-order chi connectivity index (χ0) is 23.8. The molecule has 4 aromatic rings. The summed E-state index contributed by atoms with van der Waals surface area (Å²) < 4.78 is 64.0. The number of nitrogens with one attached hydrogen (secondary N) is 1. The Hall–Kier alpha value is -3.53. The fraction of sp³-hybridized carbons (Fsp3) is 0.0500. The van der Waals surface area contributed by atoms with Gasteiger partial charge in [0.25, 0.3) is 10.0 Å². The number of sulfonamides is 1. The Labute approximate surface area is 195 Å². The maximum atomic E-state index is 14.8. The minimum Gasteiger partial charge on any atom is -0.453 e. The SMILES string of the molecule is Cn1nccc1-c1ccc(C#N)cc1Oc1cc(F)c(S(=O)(=O)Nc2ncc(Cl)s2)cc1F. The van der Waals surface area contributed by atoms with Crippen LogP contribution in [0.1, 0.15) is 5.56 Å². The highest BCUT2D eigenvalue weighted by Gasteiger charge is 2.24. The first kappa shape index (κ1) is 22.7. The predicted molar refractivity (Wildman–Crippen MR) is 118 cm³/mol. The summed E-state index contributed by atoms with van der Waals surface area (Å²) >= 11 is 6.53. The Balaban J connectivity index is 1.72. The molecule has 0 saturated carbocycles. The monoisotopic (exact) mass is 507 g/mol. The molecule has 0 aliphatic heterocycles. The minimum absolute atomic E-state index is 0.0575. The van der Waals surface area contributed by atoms with Crippen molar-refractivity contribution in [3.63, 3.8) is 0 Å². The number of thiazole rings is 1. The van der Waals surface area contributed by atoms with Crippen molar-refractivity contribution in [1.29, 1.82) is 5.26 Å². The average molecular weight is 508 g/mol. The van der Waals surface area contributed by atoms with E-state index in [1.165, 1.54) is 16.9 Å². The molecule has 2 aromatic heterocycles. The Morgan fingerprint density at radius 1 is 1.18 bits per heavy atom. The largest absolute Gasteiger partial charge is 0.453 e. The van der Waals surface area contributed by atoms with Gasteiger partial charge in [-0.05, 0) is 24.3 Å². The van der Waals surface area contributed by atoms with Gasteiger partial charge in [-0.1, -0.05) is 22.9 Å². The van der Waals surface area contributed by atoms with Gasteiger partial charge in [0, 0.05) is 30.9 Å². The van der Waals surface area contributed by atoms with Crippen LogP contribution in [0.5, 0.6) is 11.5 Å². The van der Waals surface area contributed by atoms with Crippen LogP contribution in [0.4, 0.5) is 13.9 Å². The number of benzene rings is 2. The first-order valence-corrected chi connectivity index (χ1v) is 11.7.